The molecule has 2 heteroatoms. The Balaban J connectivity index is 2.50. The number of ether oxygens (including phenoxy) is 2. The van der Waals surface area contributed by atoms with Crippen LogP contribution in [0.3, 0.4) is 0 Å². The highest BCUT2D eigenvalue weighted by molar-refractivity contribution is 5.31. The van der Waals surface area contributed by atoms with Crippen LogP contribution in [0.5, 0.6) is 11.5 Å². The highest BCUT2D eigenvalue weighted by Crippen LogP contribution is 2.18. The van der Waals surface area contributed by atoms with E-state index in [0.717, 1.165) is 37.6 Å². The number of hydrogen-bond acceptors (Lipinski definition) is 2. The largest absolute Gasteiger partial charge is 0.493 e. The maximum absolute atomic E-state index is 5.44. The predicted molar refractivity (Wildman–Crippen MR) is 56.9 cm³/mol. The van der Waals surface area contributed by atoms with Gasteiger partial charge in [0.2, 0.25) is 0 Å². The van der Waals surface area contributed by atoms with Crippen molar-refractivity contribution in [2.24, 2.45) is 0 Å². The highest BCUT2D eigenvalue weighted by atomic mass is 16.5. The van der Waals surface area contributed by atoms with Gasteiger partial charge in [-0.2, -0.15) is 0 Å². The molecule has 1 radical (unpaired) electrons. The summed E-state index contributed by atoms with van der Waals surface area (Å²) in [6, 6.07) is 8.79. The SMILES string of the molecule is CCCOc1[c]c(OCCC)ccc1. The van der Waals surface area contributed by atoms with E-state index in [-0.39, 0.29) is 0 Å². The second-order valence-electron chi connectivity index (χ2n) is 3.08. The van der Waals surface area contributed by atoms with Crippen LogP contribution in [0.4, 0.5) is 0 Å². The van der Waals surface area contributed by atoms with Gasteiger partial charge in [-0.25, -0.2) is 0 Å². The Kier molecular flexibility index (Phi) is 4.90. The van der Waals surface area contributed by atoms with Crippen LogP contribution in [0.15, 0.2) is 18.2 Å². The average molecular weight is 193 g/mol. The molecule has 0 unspecified atom stereocenters. The lowest BCUT2D eigenvalue weighted by Gasteiger charge is -2.07. The van der Waals surface area contributed by atoms with Gasteiger partial charge in [0, 0.05) is 0 Å². The van der Waals surface area contributed by atoms with Crippen molar-refractivity contribution in [2.75, 3.05) is 13.2 Å². The molecule has 0 aromatic heterocycles. The molecule has 14 heavy (non-hydrogen) atoms. The second kappa shape index (κ2) is 6.30. The van der Waals surface area contributed by atoms with Gasteiger partial charge in [0.1, 0.15) is 11.5 Å². The van der Waals surface area contributed by atoms with Crippen LogP contribution in [0, 0.1) is 6.07 Å². The van der Waals surface area contributed by atoms with Crippen molar-refractivity contribution in [1.82, 2.24) is 0 Å². The maximum Gasteiger partial charge on any atom is 0.131 e. The van der Waals surface area contributed by atoms with Crippen molar-refractivity contribution in [3.63, 3.8) is 0 Å². The molecule has 0 aliphatic carbocycles. The molecule has 0 atom stereocenters. The van der Waals surface area contributed by atoms with E-state index in [9.17, 15) is 0 Å². The summed E-state index contributed by atoms with van der Waals surface area (Å²) >= 11 is 0. The van der Waals surface area contributed by atoms with Gasteiger partial charge in [0.05, 0.1) is 19.3 Å². The predicted octanol–water partition coefficient (Wildman–Crippen LogP) is 3.06. The topological polar surface area (TPSA) is 18.5 Å². The first-order valence-corrected chi connectivity index (χ1v) is 5.14. The van der Waals surface area contributed by atoms with E-state index in [0.29, 0.717) is 0 Å². The zero-order valence-corrected chi connectivity index (χ0v) is 8.88. The molecule has 0 aliphatic rings. The van der Waals surface area contributed by atoms with E-state index in [1.165, 1.54) is 0 Å². The Morgan fingerprint density at radius 2 is 1.50 bits per heavy atom. The molecular weight excluding hydrogens is 176 g/mol. The van der Waals surface area contributed by atoms with Gasteiger partial charge in [0.15, 0.2) is 0 Å². The van der Waals surface area contributed by atoms with Crippen molar-refractivity contribution in [1.29, 1.82) is 0 Å². The summed E-state index contributed by atoms with van der Waals surface area (Å²) < 4.78 is 10.9. The molecule has 0 amide bonds. The minimum atomic E-state index is 0.730. The standard InChI is InChI=1S/C12H17O2/c1-3-8-13-11-6-5-7-12(10-11)14-9-4-2/h5-7H,3-4,8-9H2,1-2H3. The van der Waals surface area contributed by atoms with E-state index in [4.69, 9.17) is 9.47 Å². The van der Waals surface area contributed by atoms with Crippen LogP contribution in [0.1, 0.15) is 26.7 Å². The van der Waals surface area contributed by atoms with Gasteiger partial charge < -0.3 is 9.47 Å². The van der Waals surface area contributed by atoms with E-state index in [1.54, 1.807) is 0 Å². The minimum absolute atomic E-state index is 0.730. The molecule has 0 fully saturated rings. The Morgan fingerprint density at radius 1 is 1.00 bits per heavy atom. The molecule has 1 aromatic rings. The van der Waals surface area contributed by atoms with E-state index >= 15 is 0 Å². The summed E-state index contributed by atoms with van der Waals surface area (Å²) in [5.74, 6) is 1.53. The fourth-order valence-corrected chi connectivity index (χ4v) is 1.02. The van der Waals surface area contributed by atoms with Gasteiger partial charge in [-0.05, 0) is 25.0 Å². The first-order valence-electron chi connectivity index (χ1n) is 5.14. The number of rotatable bonds is 6. The minimum Gasteiger partial charge on any atom is -0.493 e. The van der Waals surface area contributed by atoms with Crippen LogP contribution >= 0.6 is 0 Å². The molecule has 0 aliphatic heterocycles. The van der Waals surface area contributed by atoms with Crippen LogP contribution in [-0.2, 0) is 0 Å². The van der Waals surface area contributed by atoms with E-state index in [1.807, 2.05) is 18.2 Å². The van der Waals surface area contributed by atoms with Crippen molar-refractivity contribution < 1.29 is 9.47 Å². The van der Waals surface area contributed by atoms with Gasteiger partial charge >= 0.3 is 0 Å². The third-order valence-electron chi connectivity index (χ3n) is 1.66. The van der Waals surface area contributed by atoms with Crippen LogP contribution in [0.2, 0.25) is 0 Å². The molecule has 1 rings (SSSR count). The van der Waals surface area contributed by atoms with E-state index < -0.39 is 0 Å². The van der Waals surface area contributed by atoms with Crippen LogP contribution < -0.4 is 9.47 Å². The Labute approximate surface area is 85.8 Å². The lowest BCUT2D eigenvalue weighted by atomic mass is 10.3. The van der Waals surface area contributed by atoms with Gasteiger partial charge in [-0.1, -0.05) is 19.9 Å². The number of benzene rings is 1. The van der Waals surface area contributed by atoms with Gasteiger partial charge in [-0.15, -0.1) is 0 Å². The monoisotopic (exact) mass is 193 g/mol. The molecule has 0 N–H and O–H groups in total. The summed E-state index contributed by atoms with van der Waals surface area (Å²) in [5, 5.41) is 0. The highest BCUT2D eigenvalue weighted by Gasteiger charge is 1.97. The average Bonchev–Trinajstić information content (AvgIpc) is 2.24. The second-order valence-corrected chi connectivity index (χ2v) is 3.08. The Hall–Kier alpha value is -1.18. The van der Waals surface area contributed by atoms with Crippen molar-refractivity contribution in [3.8, 4) is 11.5 Å². The molecular formula is C12H17O2. The summed E-state index contributed by atoms with van der Waals surface area (Å²) in [6.07, 6.45) is 2.02. The Bertz CT molecular complexity index is 235. The fraction of sp³-hybridized carbons (Fsp3) is 0.500. The summed E-state index contributed by atoms with van der Waals surface area (Å²) in [5.41, 5.74) is 0. The molecule has 0 saturated heterocycles. The Morgan fingerprint density at radius 3 is 1.93 bits per heavy atom. The smallest absolute Gasteiger partial charge is 0.131 e. The zero-order valence-electron chi connectivity index (χ0n) is 8.88. The molecule has 2 nitrogen and oxygen atoms in total. The third-order valence-corrected chi connectivity index (χ3v) is 1.66. The first-order chi connectivity index (χ1) is 6.86. The fourth-order valence-electron chi connectivity index (χ4n) is 1.02. The van der Waals surface area contributed by atoms with Gasteiger partial charge in [-0.3, -0.25) is 0 Å². The molecule has 0 saturated carbocycles. The summed E-state index contributed by atoms with van der Waals surface area (Å²) in [4.78, 5) is 0. The first kappa shape index (κ1) is 10.9. The molecule has 77 valence electrons. The van der Waals surface area contributed by atoms with Crippen molar-refractivity contribution in [2.45, 2.75) is 26.7 Å². The van der Waals surface area contributed by atoms with Crippen molar-refractivity contribution >= 4 is 0 Å². The molecule has 1 aromatic carbocycles. The quantitative estimate of drug-likeness (QED) is 0.691. The van der Waals surface area contributed by atoms with E-state index in [2.05, 4.69) is 19.9 Å². The van der Waals surface area contributed by atoms with Crippen LogP contribution in [0.25, 0.3) is 0 Å². The maximum atomic E-state index is 5.44. The normalized spacial score (nSPS) is 9.86. The van der Waals surface area contributed by atoms with Crippen molar-refractivity contribution in [3.05, 3.63) is 24.3 Å². The summed E-state index contributed by atoms with van der Waals surface area (Å²) in [6.45, 7) is 5.62. The molecule has 0 spiro atoms. The number of hydrogen-bond donors (Lipinski definition) is 0. The third kappa shape index (κ3) is 3.69. The molecule has 0 heterocycles. The van der Waals surface area contributed by atoms with Gasteiger partial charge in [0.25, 0.3) is 0 Å². The lowest BCUT2D eigenvalue weighted by Crippen LogP contribution is -1.98. The molecule has 0 bridgehead atoms. The lowest BCUT2D eigenvalue weighted by molar-refractivity contribution is 0.300. The van der Waals surface area contributed by atoms with Crippen LogP contribution in [-0.4, -0.2) is 13.2 Å². The zero-order chi connectivity index (χ0) is 10.2. The summed E-state index contributed by atoms with van der Waals surface area (Å²) in [7, 11) is 0.